The molecule has 2 N–H and O–H groups in total. The number of rotatable bonds is 5. The number of anilines is 1. The average molecular weight is 433 g/mol. The number of hydrogen-bond acceptors (Lipinski definition) is 4. The third-order valence-corrected chi connectivity index (χ3v) is 5.03. The molecule has 2 aromatic rings. The largest absolute Gasteiger partial charge is 0.506 e. The fourth-order valence-corrected chi connectivity index (χ4v) is 3.38. The van der Waals surface area contributed by atoms with E-state index in [-0.39, 0.29) is 30.1 Å². The third kappa shape index (κ3) is 5.23. The van der Waals surface area contributed by atoms with Crippen molar-refractivity contribution < 1.29 is 19.4 Å². The van der Waals surface area contributed by atoms with Gasteiger partial charge in [-0.05, 0) is 43.2 Å². The van der Waals surface area contributed by atoms with Crippen molar-refractivity contribution in [2.75, 3.05) is 25.0 Å². The minimum Gasteiger partial charge on any atom is -0.506 e. The molecule has 27 heavy (non-hydrogen) atoms. The molecule has 0 unspecified atom stereocenters. The Labute approximate surface area is 166 Å². The van der Waals surface area contributed by atoms with Gasteiger partial charge >= 0.3 is 0 Å². The van der Waals surface area contributed by atoms with Gasteiger partial charge in [-0.1, -0.05) is 34.1 Å². The Morgan fingerprint density at radius 2 is 1.89 bits per heavy atom. The minimum atomic E-state index is -0.181. The molecule has 0 atom stereocenters. The molecular weight excluding hydrogens is 412 g/mol. The molecule has 1 saturated heterocycles. The van der Waals surface area contributed by atoms with Crippen LogP contribution in [-0.2, 0) is 9.59 Å². The number of benzene rings is 2. The Hall–Kier alpha value is -2.54. The van der Waals surface area contributed by atoms with E-state index in [4.69, 9.17) is 4.74 Å². The fraction of sp³-hybridized carbons (Fsp3) is 0.300. The number of nitrogens with one attached hydrogen (secondary N) is 1. The molecule has 0 aromatic heterocycles. The highest BCUT2D eigenvalue weighted by Crippen LogP contribution is 2.25. The molecule has 1 aliphatic heterocycles. The second-order valence-electron chi connectivity index (χ2n) is 6.41. The van der Waals surface area contributed by atoms with Gasteiger partial charge in [-0.25, -0.2) is 0 Å². The summed E-state index contributed by atoms with van der Waals surface area (Å²) < 4.78 is 6.43. The highest BCUT2D eigenvalue weighted by Gasteiger charge is 2.27. The maximum absolute atomic E-state index is 12.4. The second kappa shape index (κ2) is 8.90. The normalized spacial score (nSPS) is 14.6. The van der Waals surface area contributed by atoms with Gasteiger partial charge in [-0.3, -0.25) is 9.59 Å². The summed E-state index contributed by atoms with van der Waals surface area (Å²) in [4.78, 5) is 26.4. The number of phenolic OH excluding ortho intramolecular Hbond substituents is 1. The maximum atomic E-state index is 12.4. The Kier molecular flexibility index (Phi) is 6.34. The van der Waals surface area contributed by atoms with E-state index in [1.807, 2.05) is 18.2 Å². The molecule has 1 fully saturated rings. The van der Waals surface area contributed by atoms with Crippen molar-refractivity contribution in [3.63, 3.8) is 0 Å². The summed E-state index contributed by atoms with van der Waals surface area (Å²) in [7, 11) is 0. The van der Waals surface area contributed by atoms with Crippen molar-refractivity contribution >= 4 is 33.4 Å². The number of piperidine rings is 1. The van der Waals surface area contributed by atoms with Gasteiger partial charge < -0.3 is 20.1 Å². The van der Waals surface area contributed by atoms with Crippen LogP contribution >= 0.6 is 15.9 Å². The summed E-state index contributed by atoms with van der Waals surface area (Å²) >= 11 is 3.37. The first kappa shape index (κ1) is 19.2. The molecule has 0 aliphatic carbocycles. The van der Waals surface area contributed by atoms with Crippen LogP contribution in [0.1, 0.15) is 12.8 Å². The van der Waals surface area contributed by atoms with E-state index in [2.05, 4.69) is 21.2 Å². The van der Waals surface area contributed by atoms with Crippen LogP contribution in [0.15, 0.2) is 53.0 Å². The van der Waals surface area contributed by atoms with E-state index in [0.29, 0.717) is 37.4 Å². The van der Waals surface area contributed by atoms with Crippen molar-refractivity contribution in [3.8, 4) is 11.5 Å². The number of hydrogen-bond donors (Lipinski definition) is 2. The van der Waals surface area contributed by atoms with Gasteiger partial charge in [0, 0.05) is 23.5 Å². The number of phenols is 1. The van der Waals surface area contributed by atoms with Crippen LogP contribution in [0.4, 0.5) is 5.69 Å². The zero-order valence-electron chi connectivity index (χ0n) is 14.7. The average Bonchev–Trinajstić information content (AvgIpc) is 2.68. The number of para-hydroxylation sites is 2. The lowest BCUT2D eigenvalue weighted by Crippen LogP contribution is -2.43. The quantitative estimate of drug-likeness (QED) is 0.709. The summed E-state index contributed by atoms with van der Waals surface area (Å²) in [5.41, 5.74) is 0.406. The van der Waals surface area contributed by atoms with Crippen molar-refractivity contribution in [3.05, 3.63) is 53.0 Å². The molecule has 1 heterocycles. The fourth-order valence-electron chi connectivity index (χ4n) is 3.00. The number of ether oxygens (including phenoxy) is 1. The van der Waals surface area contributed by atoms with Crippen LogP contribution < -0.4 is 10.1 Å². The molecule has 142 valence electrons. The molecule has 0 radical (unpaired) electrons. The Balaban J connectivity index is 1.46. The lowest BCUT2D eigenvalue weighted by Gasteiger charge is -2.31. The monoisotopic (exact) mass is 432 g/mol. The summed E-state index contributed by atoms with van der Waals surface area (Å²) in [5, 5.41) is 12.5. The number of amides is 2. The summed E-state index contributed by atoms with van der Waals surface area (Å²) in [6.07, 6.45) is 1.17. The topological polar surface area (TPSA) is 78.9 Å². The predicted octanol–water partition coefficient (Wildman–Crippen LogP) is 3.41. The van der Waals surface area contributed by atoms with Gasteiger partial charge in [-0.15, -0.1) is 0 Å². The van der Waals surface area contributed by atoms with Crippen molar-refractivity contribution in [2.24, 2.45) is 5.92 Å². The molecule has 3 rings (SSSR count). The molecule has 2 aromatic carbocycles. The molecule has 7 heteroatoms. The van der Waals surface area contributed by atoms with Gasteiger partial charge in [0.1, 0.15) is 11.5 Å². The van der Waals surface area contributed by atoms with Crippen LogP contribution in [-0.4, -0.2) is 41.5 Å². The molecule has 1 aliphatic rings. The highest BCUT2D eigenvalue weighted by molar-refractivity contribution is 9.10. The van der Waals surface area contributed by atoms with Crippen LogP contribution in [0, 0.1) is 5.92 Å². The Morgan fingerprint density at radius 3 is 2.59 bits per heavy atom. The number of carbonyl (C=O) groups excluding carboxylic acids is 2. The first-order chi connectivity index (χ1) is 13.0. The Bertz CT molecular complexity index is 819. The third-order valence-electron chi connectivity index (χ3n) is 4.54. The Morgan fingerprint density at radius 1 is 1.15 bits per heavy atom. The van der Waals surface area contributed by atoms with E-state index in [1.165, 1.54) is 6.07 Å². The SMILES string of the molecule is O=C(Nc1ccccc1O)C1CCN(C(=O)COc2cccc(Br)c2)CC1. The predicted molar refractivity (Wildman–Crippen MR) is 106 cm³/mol. The van der Waals surface area contributed by atoms with Gasteiger partial charge in [0.15, 0.2) is 6.61 Å². The standard InChI is InChI=1S/C20H21BrN2O4/c21-15-4-3-5-16(12-15)27-13-19(25)23-10-8-14(9-11-23)20(26)22-17-6-1-2-7-18(17)24/h1-7,12,14,24H,8-11,13H2,(H,22,26). The van der Waals surface area contributed by atoms with Crippen LogP contribution in [0.5, 0.6) is 11.5 Å². The second-order valence-corrected chi connectivity index (χ2v) is 7.32. The summed E-state index contributed by atoms with van der Waals surface area (Å²) in [6.45, 7) is 1.00. The molecule has 2 amide bonds. The highest BCUT2D eigenvalue weighted by atomic mass is 79.9. The lowest BCUT2D eigenvalue weighted by molar-refractivity contribution is -0.136. The van der Waals surface area contributed by atoms with E-state index in [9.17, 15) is 14.7 Å². The van der Waals surface area contributed by atoms with Gasteiger partial charge in [0.05, 0.1) is 5.69 Å². The summed E-state index contributed by atoms with van der Waals surface area (Å²) in [5.74, 6) is 0.279. The molecular formula is C20H21BrN2O4. The molecule has 0 saturated carbocycles. The van der Waals surface area contributed by atoms with Crippen LogP contribution in [0.2, 0.25) is 0 Å². The first-order valence-electron chi connectivity index (χ1n) is 8.78. The van der Waals surface area contributed by atoms with E-state index in [0.717, 1.165) is 4.47 Å². The van der Waals surface area contributed by atoms with E-state index >= 15 is 0 Å². The first-order valence-corrected chi connectivity index (χ1v) is 9.57. The maximum Gasteiger partial charge on any atom is 0.260 e. The zero-order valence-corrected chi connectivity index (χ0v) is 16.3. The number of aromatic hydroxyl groups is 1. The van der Waals surface area contributed by atoms with E-state index in [1.54, 1.807) is 29.2 Å². The van der Waals surface area contributed by atoms with Crippen molar-refractivity contribution in [1.29, 1.82) is 0 Å². The van der Waals surface area contributed by atoms with Crippen LogP contribution in [0.25, 0.3) is 0 Å². The minimum absolute atomic E-state index is 0.0226. The van der Waals surface area contributed by atoms with Crippen molar-refractivity contribution in [1.82, 2.24) is 4.90 Å². The number of carbonyl (C=O) groups is 2. The van der Waals surface area contributed by atoms with E-state index < -0.39 is 0 Å². The number of nitrogens with zero attached hydrogens (tertiary/aromatic N) is 1. The molecule has 0 bridgehead atoms. The van der Waals surface area contributed by atoms with Crippen LogP contribution in [0.3, 0.4) is 0 Å². The van der Waals surface area contributed by atoms with Gasteiger partial charge in [0.2, 0.25) is 5.91 Å². The number of halogens is 1. The van der Waals surface area contributed by atoms with Crippen molar-refractivity contribution in [2.45, 2.75) is 12.8 Å². The van der Waals surface area contributed by atoms with Gasteiger partial charge in [-0.2, -0.15) is 0 Å². The smallest absolute Gasteiger partial charge is 0.260 e. The number of likely N-dealkylation sites (tertiary alicyclic amines) is 1. The molecule has 6 nitrogen and oxygen atoms in total. The summed E-state index contributed by atoms with van der Waals surface area (Å²) in [6, 6.07) is 14.0. The molecule has 0 spiro atoms. The lowest BCUT2D eigenvalue weighted by atomic mass is 9.95. The van der Waals surface area contributed by atoms with Gasteiger partial charge in [0.25, 0.3) is 5.91 Å². The zero-order chi connectivity index (χ0) is 19.2.